The summed E-state index contributed by atoms with van der Waals surface area (Å²) in [6.07, 6.45) is 2.73. The van der Waals surface area contributed by atoms with Crippen LogP contribution >= 0.6 is 11.6 Å². The number of rotatable bonds is 3. The molecule has 1 aliphatic heterocycles. The minimum Gasteiger partial charge on any atom is -0.308 e. The topological polar surface area (TPSA) is 33.1 Å². The summed E-state index contributed by atoms with van der Waals surface area (Å²) in [5, 5.41) is 9.07. The summed E-state index contributed by atoms with van der Waals surface area (Å²) in [4.78, 5) is 2.57. The maximum Gasteiger partial charge on any atom is 0.0860 e. The Balaban J connectivity index is 1.84. The molecule has 0 bridgehead atoms. The van der Waals surface area contributed by atoms with E-state index in [2.05, 4.69) is 36.1 Å². The molecule has 5 heteroatoms. The van der Waals surface area contributed by atoms with Crippen molar-refractivity contribution >= 4 is 11.6 Å². The number of piperazine rings is 1. The number of halogens is 1. The van der Waals surface area contributed by atoms with Crippen molar-refractivity contribution in [1.29, 1.82) is 0 Å². The van der Waals surface area contributed by atoms with Gasteiger partial charge in [-0.05, 0) is 46.5 Å². The van der Waals surface area contributed by atoms with E-state index >= 15 is 0 Å². The van der Waals surface area contributed by atoms with Gasteiger partial charge in [-0.1, -0.05) is 11.6 Å². The molecule has 21 heavy (non-hydrogen) atoms. The molecule has 3 rings (SSSR count). The molecule has 4 nitrogen and oxygen atoms in total. The fourth-order valence-electron chi connectivity index (χ4n) is 3.49. The third-order valence-electron chi connectivity index (χ3n) is 5.38. The van der Waals surface area contributed by atoms with E-state index in [4.69, 9.17) is 11.6 Å². The molecule has 1 aromatic rings. The molecule has 0 spiro atoms. The maximum absolute atomic E-state index is 6.45. The molecule has 2 aliphatic rings. The van der Waals surface area contributed by atoms with Crippen LogP contribution in [0, 0.1) is 12.8 Å². The van der Waals surface area contributed by atoms with E-state index < -0.39 is 0 Å². The zero-order valence-electron chi connectivity index (χ0n) is 13.8. The van der Waals surface area contributed by atoms with Gasteiger partial charge in [-0.2, -0.15) is 5.10 Å². The lowest BCUT2D eigenvalue weighted by molar-refractivity contribution is 0.0162. The van der Waals surface area contributed by atoms with E-state index in [0.29, 0.717) is 0 Å². The van der Waals surface area contributed by atoms with Gasteiger partial charge in [0.1, 0.15) is 0 Å². The molecular weight excluding hydrogens is 284 g/mol. The fraction of sp³-hybridized carbons (Fsp3) is 0.812. The average molecular weight is 311 g/mol. The molecule has 1 saturated heterocycles. The summed E-state index contributed by atoms with van der Waals surface area (Å²) < 4.78 is 1.93. The SMILES string of the molecule is Cc1nn(C)c(CN2CC(C)(C3CC3)NCC2(C)C)c1Cl. The second kappa shape index (κ2) is 4.97. The molecule has 0 aromatic carbocycles. The molecular formula is C16H27ClN4. The van der Waals surface area contributed by atoms with E-state index in [1.807, 2.05) is 18.7 Å². The van der Waals surface area contributed by atoms with E-state index in [9.17, 15) is 0 Å². The molecule has 0 amide bonds. The normalized spacial score (nSPS) is 29.8. The lowest BCUT2D eigenvalue weighted by Gasteiger charge is -2.51. The van der Waals surface area contributed by atoms with Crippen LogP contribution in [0.4, 0.5) is 0 Å². The Kier molecular flexibility index (Phi) is 3.62. The van der Waals surface area contributed by atoms with Crippen molar-refractivity contribution in [3.05, 3.63) is 16.4 Å². The van der Waals surface area contributed by atoms with Crippen LogP contribution < -0.4 is 5.32 Å². The average Bonchev–Trinajstić information content (AvgIpc) is 3.20. The highest BCUT2D eigenvalue weighted by Crippen LogP contribution is 2.43. The van der Waals surface area contributed by atoms with Crippen LogP contribution in [-0.4, -0.2) is 38.8 Å². The van der Waals surface area contributed by atoms with Crippen molar-refractivity contribution in [2.24, 2.45) is 13.0 Å². The number of aryl methyl sites for hydroxylation is 2. The van der Waals surface area contributed by atoms with Gasteiger partial charge < -0.3 is 5.32 Å². The summed E-state index contributed by atoms with van der Waals surface area (Å²) >= 11 is 6.45. The summed E-state index contributed by atoms with van der Waals surface area (Å²) in [7, 11) is 1.99. The highest BCUT2D eigenvalue weighted by atomic mass is 35.5. The summed E-state index contributed by atoms with van der Waals surface area (Å²) in [5.41, 5.74) is 2.43. The number of nitrogens with one attached hydrogen (secondary N) is 1. The van der Waals surface area contributed by atoms with Crippen LogP contribution in [0.5, 0.6) is 0 Å². The van der Waals surface area contributed by atoms with Gasteiger partial charge in [-0.25, -0.2) is 0 Å². The zero-order valence-corrected chi connectivity index (χ0v) is 14.6. The standard InChI is InChI=1S/C16H27ClN4/c1-11-14(17)13(20(5)19-11)8-21-10-16(4,12-6-7-12)18-9-15(21,2)3/h12,18H,6-10H2,1-5H3. The maximum atomic E-state index is 6.45. The van der Waals surface area contributed by atoms with Crippen LogP contribution in [0.15, 0.2) is 0 Å². The van der Waals surface area contributed by atoms with E-state index in [-0.39, 0.29) is 11.1 Å². The predicted octanol–water partition coefficient (Wildman–Crippen LogP) is 2.73. The van der Waals surface area contributed by atoms with E-state index in [1.165, 1.54) is 12.8 Å². The first-order valence-corrected chi connectivity index (χ1v) is 8.29. The van der Waals surface area contributed by atoms with Crippen molar-refractivity contribution in [3.8, 4) is 0 Å². The molecule has 1 atom stereocenters. The minimum absolute atomic E-state index is 0.135. The monoisotopic (exact) mass is 310 g/mol. The Labute approximate surface area is 132 Å². The van der Waals surface area contributed by atoms with Crippen molar-refractivity contribution in [1.82, 2.24) is 20.0 Å². The quantitative estimate of drug-likeness (QED) is 0.932. The fourth-order valence-corrected chi connectivity index (χ4v) is 3.71. The minimum atomic E-state index is 0.135. The van der Waals surface area contributed by atoms with Crippen molar-refractivity contribution < 1.29 is 0 Å². The summed E-state index contributed by atoms with van der Waals surface area (Å²) in [6, 6.07) is 0. The first-order valence-electron chi connectivity index (χ1n) is 7.91. The van der Waals surface area contributed by atoms with Gasteiger partial charge >= 0.3 is 0 Å². The Morgan fingerprint density at radius 3 is 2.52 bits per heavy atom. The Morgan fingerprint density at radius 1 is 1.33 bits per heavy atom. The van der Waals surface area contributed by atoms with Gasteiger partial charge in [0.25, 0.3) is 0 Å². The van der Waals surface area contributed by atoms with Crippen molar-refractivity contribution in [2.75, 3.05) is 13.1 Å². The molecule has 118 valence electrons. The van der Waals surface area contributed by atoms with Crippen molar-refractivity contribution in [3.63, 3.8) is 0 Å². The third kappa shape index (κ3) is 2.73. The van der Waals surface area contributed by atoms with Crippen LogP contribution in [0.2, 0.25) is 5.02 Å². The van der Waals surface area contributed by atoms with Gasteiger partial charge in [0, 0.05) is 37.8 Å². The lowest BCUT2D eigenvalue weighted by Crippen LogP contribution is -2.67. The van der Waals surface area contributed by atoms with Crippen LogP contribution in [-0.2, 0) is 13.6 Å². The molecule has 1 N–H and O–H groups in total. The number of hydrogen-bond donors (Lipinski definition) is 1. The number of nitrogens with zero attached hydrogens (tertiary/aromatic N) is 3. The van der Waals surface area contributed by atoms with Crippen LogP contribution in [0.25, 0.3) is 0 Å². The summed E-state index contributed by atoms with van der Waals surface area (Å²) in [6.45, 7) is 11.9. The Morgan fingerprint density at radius 2 is 2.00 bits per heavy atom. The van der Waals surface area contributed by atoms with E-state index in [0.717, 1.165) is 42.0 Å². The molecule has 1 aromatic heterocycles. The van der Waals surface area contributed by atoms with Gasteiger partial charge in [0.05, 0.1) is 16.4 Å². The zero-order chi connectivity index (χ0) is 15.4. The molecule has 2 fully saturated rings. The molecule has 1 unspecified atom stereocenters. The number of hydrogen-bond acceptors (Lipinski definition) is 3. The summed E-state index contributed by atoms with van der Waals surface area (Å²) in [5.74, 6) is 0.833. The molecule has 0 radical (unpaired) electrons. The molecule has 1 aliphatic carbocycles. The second-order valence-electron chi connectivity index (χ2n) is 7.68. The van der Waals surface area contributed by atoms with Crippen LogP contribution in [0.3, 0.4) is 0 Å². The molecule has 1 saturated carbocycles. The largest absolute Gasteiger partial charge is 0.308 e. The highest BCUT2D eigenvalue weighted by Gasteiger charge is 2.48. The van der Waals surface area contributed by atoms with Gasteiger partial charge in [0.2, 0.25) is 0 Å². The second-order valence-corrected chi connectivity index (χ2v) is 8.06. The Hall–Kier alpha value is -0.580. The number of aromatic nitrogens is 2. The first kappa shape index (κ1) is 15.3. The predicted molar refractivity (Wildman–Crippen MR) is 86.6 cm³/mol. The van der Waals surface area contributed by atoms with Gasteiger partial charge in [0.15, 0.2) is 0 Å². The smallest absolute Gasteiger partial charge is 0.0860 e. The lowest BCUT2D eigenvalue weighted by atomic mass is 9.86. The van der Waals surface area contributed by atoms with Crippen molar-refractivity contribution in [2.45, 2.75) is 58.2 Å². The molecule has 2 heterocycles. The van der Waals surface area contributed by atoms with E-state index in [1.54, 1.807) is 0 Å². The van der Waals surface area contributed by atoms with Crippen LogP contribution in [0.1, 0.15) is 45.0 Å². The Bertz CT molecular complexity index is 547. The van der Waals surface area contributed by atoms with Gasteiger partial charge in [-0.3, -0.25) is 9.58 Å². The first-order chi connectivity index (χ1) is 9.73. The third-order valence-corrected chi connectivity index (χ3v) is 5.87. The highest BCUT2D eigenvalue weighted by molar-refractivity contribution is 6.31. The van der Waals surface area contributed by atoms with Gasteiger partial charge in [-0.15, -0.1) is 0 Å².